The molecule has 0 aliphatic carbocycles. The highest BCUT2D eigenvalue weighted by atomic mass is 35.5. The second kappa shape index (κ2) is 48.9. The van der Waals surface area contributed by atoms with Crippen LogP contribution in [0.5, 0.6) is 0 Å². The van der Waals surface area contributed by atoms with Crippen molar-refractivity contribution < 1.29 is 87.2 Å². The molecule has 2 aromatic heterocycles. The number of unbranched alkanes of at least 4 members (excludes halogenated alkanes) is 1. The van der Waals surface area contributed by atoms with E-state index < -0.39 is 188 Å². The molecule has 17 amide bonds. The lowest BCUT2D eigenvalue weighted by molar-refractivity contribution is -0.142. The first-order valence-corrected chi connectivity index (χ1v) is 42.8. The Bertz CT molecular complexity index is 5000. The van der Waals surface area contributed by atoms with Crippen LogP contribution in [0.15, 0.2) is 164 Å². The minimum atomic E-state index is -1.96. The zero-order chi connectivity index (χ0) is 92.5. The molecule has 37 nitrogen and oxygen atoms in total. The summed E-state index contributed by atoms with van der Waals surface area (Å²) in [6, 6.07) is 19.9. The summed E-state index contributed by atoms with van der Waals surface area (Å²) in [5, 5.41) is 70.2. The number of benzene rings is 5. The number of urea groups is 2. The lowest BCUT2D eigenvalue weighted by Crippen LogP contribution is -2.62. The minimum absolute atomic E-state index is 0.0564. The van der Waals surface area contributed by atoms with Crippen molar-refractivity contribution >= 4 is 123 Å². The fourth-order valence-corrected chi connectivity index (χ4v) is 14.6. The molecule has 38 heteroatoms. The number of imide groups is 1. The van der Waals surface area contributed by atoms with Crippen LogP contribution >= 0.6 is 11.6 Å². The van der Waals surface area contributed by atoms with Crippen molar-refractivity contribution in [3.05, 3.63) is 203 Å². The van der Waals surface area contributed by atoms with Crippen molar-refractivity contribution in [3.63, 3.8) is 0 Å². The molecule has 4 heterocycles. The molecule has 2 fully saturated rings. The van der Waals surface area contributed by atoms with Crippen LogP contribution in [0.1, 0.15) is 118 Å². The number of amides is 17. The molecule has 2 aliphatic heterocycles. The van der Waals surface area contributed by atoms with Gasteiger partial charge in [0.15, 0.2) is 0 Å². The predicted molar refractivity (Wildman–Crippen MR) is 474 cm³/mol. The molecule has 5 aromatic carbocycles. The number of primary amides is 1. The van der Waals surface area contributed by atoms with Crippen LogP contribution in [0.2, 0.25) is 5.02 Å². The van der Waals surface area contributed by atoms with Crippen molar-refractivity contribution in [2.75, 3.05) is 56.6 Å². The predicted octanol–water partition coefficient (Wildman–Crippen LogP) is 1.53. The maximum atomic E-state index is 15.7. The lowest BCUT2D eigenvalue weighted by atomic mass is 9.99. The van der Waals surface area contributed by atoms with Gasteiger partial charge in [-0.3, -0.25) is 77.6 Å². The first-order valence-electron chi connectivity index (χ1n) is 42.4. The maximum Gasteiger partial charge on any atom is 0.322 e. The number of likely N-dealkylation sites (tertiary alicyclic amines) is 1. The van der Waals surface area contributed by atoms with E-state index in [4.69, 9.17) is 17.3 Å². The van der Waals surface area contributed by atoms with E-state index in [0.717, 1.165) is 10.8 Å². The average Bonchev–Trinajstić information content (AvgIpc) is 1.58. The SMILES string of the molecule is CC(C)C[C@H](NC(=O)[C@@H](Cc1ccc(NC(=O)N(CCO)CCO)cc1)NC(=O)[C@H](Cc1ccc(NC(=O)C2CC(=O)NC(=O)N2)cc1)NC(=O)[C@H](CO)NC(=O)[C@@H](Cc1cccnc1)NC(=O)[C@@H](Cc1ccc(Cl)cc1)NC(=O)[C@@H](Cc1ccc2ccccc2c1)NC(=O)c1cccnc1)C(=O)N[C@@H](CCCCNC(C)C)C(=O)N1CCC[C@H]1C(=O)N[C@H](C)C(N)=O. The monoisotopic (exact) mass is 1780 g/mol. The number of aliphatic hydroxyl groups excluding tert-OH is 3. The highest BCUT2D eigenvalue weighted by Crippen LogP contribution is 2.24. The fourth-order valence-electron chi connectivity index (χ4n) is 14.5. The molecule has 128 heavy (non-hydrogen) atoms. The minimum Gasteiger partial charge on any atom is -0.395 e. The Morgan fingerprint density at radius 2 is 1.02 bits per heavy atom. The number of hydrogen-bond donors (Lipinski definition) is 18. The number of nitrogens with two attached hydrogens (primary N) is 1. The van der Waals surface area contributed by atoms with Gasteiger partial charge in [-0.05, 0) is 151 Å². The number of anilines is 2. The molecular formula is C90H112ClN19O18. The summed E-state index contributed by atoms with van der Waals surface area (Å²) in [5.74, 6) is -11.4. The zero-order valence-electron chi connectivity index (χ0n) is 71.7. The van der Waals surface area contributed by atoms with Crippen LogP contribution in [0.4, 0.5) is 21.0 Å². The van der Waals surface area contributed by atoms with E-state index in [2.05, 4.69) is 84.4 Å². The number of aromatic nitrogens is 2. The first-order chi connectivity index (χ1) is 61.3. The van der Waals surface area contributed by atoms with Crippen LogP contribution < -0.4 is 80.2 Å². The Hall–Kier alpha value is -13.4. The summed E-state index contributed by atoms with van der Waals surface area (Å²) < 4.78 is 0. The topological polar surface area (TPSA) is 543 Å². The van der Waals surface area contributed by atoms with Crippen LogP contribution in [-0.4, -0.2) is 242 Å². The number of pyridine rings is 2. The number of aliphatic hydroxyl groups is 3. The lowest BCUT2D eigenvalue weighted by Gasteiger charge is -2.31. The number of nitrogens with zero attached hydrogens (tertiary/aromatic N) is 4. The molecule has 1 unspecified atom stereocenters. The highest BCUT2D eigenvalue weighted by molar-refractivity contribution is 6.30. The van der Waals surface area contributed by atoms with E-state index in [1.807, 2.05) is 50.2 Å². The Morgan fingerprint density at radius 3 is 1.54 bits per heavy atom. The quantitative estimate of drug-likeness (QED) is 0.0241. The van der Waals surface area contributed by atoms with Crippen LogP contribution in [0.3, 0.4) is 0 Å². The van der Waals surface area contributed by atoms with Gasteiger partial charge in [-0.1, -0.05) is 124 Å². The van der Waals surface area contributed by atoms with E-state index >= 15 is 28.8 Å². The highest BCUT2D eigenvalue weighted by Gasteiger charge is 2.41. The molecule has 11 atom stereocenters. The third kappa shape index (κ3) is 30.5. The number of fused-ring (bicyclic) bond motifs is 1. The Balaban J connectivity index is 1.04. The van der Waals surface area contributed by atoms with Gasteiger partial charge in [-0.2, -0.15) is 0 Å². The van der Waals surface area contributed by atoms with Crippen LogP contribution in [-0.2, 0) is 89.6 Å². The van der Waals surface area contributed by atoms with Gasteiger partial charge in [0, 0.05) is 99.0 Å². The fraction of sp³-hybridized carbons (Fsp3) is 0.411. The molecule has 9 rings (SSSR count). The summed E-state index contributed by atoms with van der Waals surface area (Å²) in [7, 11) is 0. The summed E-state index contributed by atoms with van der Waals surface area (Å²) in [6.07, 6.45) is 5.46. The summed E-state index contributed by atoms with van der Waals surface area (Å²) in [6.45, 7) is 7.34. The molecule has 0 bridgehead atoms. The number of hydrogen-bond acceptors (Lipinski definition) is 21. The van der Waals surface area contributed by atoms with Gasteiger partial charge >= 0.3 is 12.1 Å². The van der Waals surface area contributed by atoms with Crippen molar-refractivity contribution in [2.45, 2.75) is 184 Å². The maximum absolute atomic E-state index is 15.7. The molecule has 2 aliphatic rings. The second-order valence-corrected chi connectivity index (χ2v) is 32.6. The summed E-state index contributed by atoms with van der Waals surface area (Å²) >= 11 is 6.33. The van der Waals surface area contributed by atoms with E-state index in [-0.39, 0.29) is 99.0 Å². The van der Waals surface area contributed by atoms with Crippen molar-refractivity contribution in [3.8, 4) is 0 Å². The number of carbonyl (C=O) groups excluding carboxylic acids is 15. The van der Waals surface area contributed by atoms with Crippen molar-refractivity contribution in [1.82, 2.24) is 83.6 Å². The number of nitrogens with one attached hydrogen (secondary N) is 14. The molecule has 682 valence electrons. The molecule has 2 saturated heterocycles. The van der Waals surface area contributed by atoms with Crippen molar-refractivity contribution in [1.29, 1.82) is 0 Å². The van der Waals surface area contributed by atoms with Crippen LogP contribution in [0, 0.1) is 5.92 Å². The van der Waals surface area contributed by atoms with E-state index in [0.29, 0.717) is 53.1 Å². The molecular weight excluding hydrogens is 1670 g/mol. The van der Waals surface area contributed by atoms with Gasteiger partial charge in [0.25, 0.3) is 5.91 Å². The zero-order valence-corrected chi connectivity index (χ0v) is 72.5. The first kappa shape index (κ1) is 98.4. The standard InChI is InChI=1S/C90H112ClN19O18/c1-52(2)41-67(80(118)99-66(17-8-9-35-95-53(3)4)88(126)110-36-12-18-75(110)87(125)96-54(5)77(92)115)101-81(119)69(44-57-24-31-65(32-25-57)98-90(128)109(37-39-111)38-40-112)102-83(121)70(45-56-22-29-64(30-23-56)97-79(117)73-48-76(114)108-89(127)107-73)105-86(124)74(51-113)106-85(123)72(47-59-13-10-33-93-49-59)104-82(120)68(43-55-20-27-63(91)28-21-55)103-84(122)71(100-78(116)62-16-11-34-94-50-62)46-58-19-26-60-14-6-7-15-61(60)42-58/h6-7,10-11,13-16,19-34,42,49-50,52-54,66-75,95,111-113H,8-9,12,17-18,35-41,43-48,51H2,1-5H3,(H2,92,115)(H,96,125)(H,97,117)(H,98,128)(H,99,118)(H,100,116)(H,101,119)(H,102,121)(H,103,122)(H,104,120)(H,105,124)(H,106,123)(H2,107,108,114,127)/t54-,66+,67+,68-,69-,70+,71-,72-,73?,74+,75+/m1/s1. The van der Waals surface area contributed by atoms with Gasteiger partial charge < -0.3 is 100.0 Å². The Morgan fingerprint density at radius 1 is 0.523 bits per heavy atom. The average molecular weight is 1780 g/mol. The third-order valence-electron chi connectivity index (χ3n) is 21.3. The molecule has 19 N–H and O–H groups in total. The number of rotatable bonds is 46. The van der Waals surface area contributed by atoms with Gasteiger partial charge in [-0.25, -0.2) is 9.59 Å². The number of carbonyl (C=O) groups is 15. The Labute approximate surface area is 744 Å². The van der Waals surface area contributed by atoms with Gasteiger partial charge in [-0.15, -0.1) is 0 Å². The normalized spacial score (nSPS) is 15.7. The van der Waals surface area contributed by atoms with E-state index in [1.165, 1.54) is 96.1 Å². The molecule has 0 radical (unpaired) electrons. The van der Waals surface area contributed by atoms with Gasteiger partial charge in [0.1, 0.15) is 66.5 Å². The van der Waals surface area contributed by atoms with E-state index in [1.54, 1.807) is 62.4 Å². The van der Waals surface area contributed by atoms with E-state index in [9.17, 15) is 58.5 Å². The number of halogens is 1. The second-order valence-electron chi connectivity index (χ2n) is 32.2. The molecule has 0 saturated carbocycles. The summed E-state index contributed by atoms with van der Waals surface area (Å²) in [5.41, 5.74) is 8.09. The van der Waals surface area contributed by atoms with Crippen molar-refractivity contribution in [2.24, 2.45) is 11.7 Å². The van der Waals surface area contributed by atoms with Gasteiger partial charge in [0.2, 0.25) is 70.9 Å². The summed E-state index contributed by atoms with van der Waals surface area (Å²) in [4.78, 5) is 223. The largest absolute Gasteiger partial charge is 0.395 e. The smallest absolute Gasteiger partial charge is 0.322 e. The van der Waals surface area contributed by atoms with Crippen LogP contribution in [0.25, 0.3) is 10.8 Å². The molecule has 7 aromatic rings. The van der Waals surface area contributed by atoms with Gasteiger partial charge in [0.05, 0.1) is 31.8 Å². The molecule has 0 spiro atoms. The Kier molecular flexibility index (Phi) is 37.6. The third-order valence-corrected chi connectivity index (χ3v) is 21.6.